The topological polar surface area (TPSA) is 45.1 Å². The normalized spacial score (nSPS) is 10.9. The number of nitrogens with one attached hydrogen (secondary N) is 1. The van der Waals surface area contributed by atoms with Crippen molar-refractivity contribution in [2.24, 2.45) is 0 Å². The van der Waals surface area contributed by atoms with Gasteiger partial charge in [-0.3, -0.25) is 0 Å². The van der Waals surface area contributed by atoms with E-state index in [1.165, 1.54) is 0 Å². The predicted molar refractivity (Wildman–Crippen MR) is 126 cm³/mol. The van der Waals surface area contributed by atoms with E-state index in [1.54, 1.807) is 17.4 Å². The van der Waals surface area contributed by atoms with Gasteiger partial charge in [0.05, 0.1) is 10.6 Å². The Bertz CT molecular complexity index is 1240. The molecular weight excluding hydrogens is 388 g/mol. The molecule has 4 aromatic carbocycles. The molecule has 0 fully saturated rings. The first kappa shape index (κ1) is 18.4. The second-order valence-electron chi connectivity index (χ2n) is 7.07. The minimum atomic E-state index is 0.296. The third kappa shape index (κ3) is 3.53. The van der Waals surface area contributed by atoms with Crippen LogP contribution >= 0.6 is 11.3 Å². The maximum atomic E-state index is 10.4. The predicted octanol–water partition coefficient (Wildman–Crippen LogP) is 6.95. The Balaban J connectivity index is 1.52. The molecule has 1 aromatic heterocycles. The van der Waals surface area contributed by atoms with Gasteiger partial charge in [-0.25, -0.2) is 4.98 Å². The van der Waals surface area contributed by atoms with E-state index < -0.39 is 0 Å². The van der Waals surface area contributed by atoms with E-state index in [4.69, 9.17) is 4.98 Å². The fourth-order valence-corrected chi connectivity index (χ4v) is 4.64. The number of nitrogens with zero attached hydrogens (tertiary/aromatic N) is 1. The molecular formula is C26H20N2OS. The second-order valence-corrected chi connectivity index (χ2v) is 8.07. The molecule has 0 amide bonds. The van der Waals surface area contributed by atoms with Crippen LogP contribution in [-0.2, 0) is 6.54 Å². The van der Waals surface area contributed by atoms with E-state index in [2.05, 4.69) is 35.6 Å². The van der Waals surface area contributed by atoms with Crippen molar-refractivity contribution in [3.63, 3.8) is 0 Å². The van der Waals surface area contributed by atoms with E-state index in [1.807, 2.05) is 60.7 Å². The van der Waals surface area contributed by atoms with Crippen molar-refractivity contribution in [3.8, 4) is 27.4 Å². The summed E-state index contributed by atoms with van der Waals surface area (Å²) in [7, 11) is 0. The lowest BCUT2D eigenvalue weighted by Crippen LogP contribution is -2.00. The highest BCUT2D eigenvalue weighted by Gasteiger charge is 2.15. The Kier molecular flexibility index (Phi) is 4.91. The molecule has 146 valence electrons. The third-order valence-electron chi connectivity index (χ3n) is 5.14. The highest BCUT2D eigenvalue weighted by Crippen LogP contribution is 2.39. The number of aromatic nitrogens is 1. The molecule has 0 saturated carbocycles. The zero-order chi connectivity index (χ0) is 20.3. The van der Waals surface area contributed by atoms with Crippen LogP contribution in [-0.4, -0.2) is 10.1 Å². The number of hydrogen-bond acceptors (Lipinski definition) is 4. The number of thiazole rings is 1. The lowest BCUT2D eigenvalue weighted by molar-refractivity contribution is 0.470. The maximum Gasteiger partial charge on any atom is 0.184 e. The van der Waals surface area contributed by atoms with Gasteiger partial charge in [0.1, 0.15) is 5.75 Å². The first-order valence-corrected chi connectivity index (χ1v) is 10.7. The number of rotatable bonds is 5. The summed E-state index contributed by atoms with van der Waals surface area (Å²) >= 11 is 1.63. The number of fused-ring (bicyclic) bond motifs is 1. The van der Waals surface area contributed by atoms with Gasteiger partial charge in [0, 0.05) is 17.7 Å². The smallest absolute Gasteiger partial charge is 0.184 e. The van der Waals surface area contributed by atoms with Crippen molar-refractivity contribution in [2.45, 2.75) is 6.54 Å². The van der Waals surface area contributed by atoms with Crippen LogP contribution in [0, 0.1) is 0 Å². The first-order chi connectivity index (χ1) is 14.8. The summed E-state index contributed by atoms with van der Waals surface area (Å²) in [4.78, 5) is 6.04. The summed E-state index contributed by atoms with van der Waals surface area (Å²) < 4.78 is 0. The van der Waals surface area contributed by atoms with Crippen molar-refractivity contribution in [1.82, 2.24) is 4.98 Å². The summed E-state index contributed by atoms with van der Waals surface area (Å²) in [5, 5.41) is 16.9. The molecule has 0 saturated heterocycles. The molecule has 0 unspecified atom stereocenters. The fourth-order valence-electron chi connectivity index (χ4n) is 3.65. The zero-order valence-electron chi connectivity index (χ0n) is 16.2. The van der Waals surface area contributed by atoms with Crippen LogP contribution in [0.15, 0.2) is 97.1 Å². The number of phenolic OH excluding ortho intramolecular Hbond substituents is 1. The molecule has 3 nitrogen and oxygen atoms in total. The van der Waals surface area contributed by atoms with E-state index in [0.717, 1.165) is 43.2 Å². The molecule has 0 atom stereocenters. The Morgan fingerprint density at radius 2 is 1.40 bits per heavy atom. The number of benzene rings is 4. The van der Waals surface area contributed by atoms with Gasteiger partial charge in [-0.1, -0.05) is 102 Å². The van der Waals surface area contributed by atoms with E-state index in [0.29, 0.717) is 12.3 Å². The molecule has 0 aliphatic heterocycles. The number of hydrogen-bond donors (Lipinski definition) is 2. The highest BCUT2D eigenvalue weighted by atomic mass is 32.1. The SMILES string of the molecule is Oc1ccc2ccccc2c1CNc1nc(-c2ccccc2)c(-c2ccccc2)s1. The minimum Gasteiger partial charge on any atom is -0.508 e. The first-order valence-electron chi connectivity index (χ1n) is 9.85. The Morgan fingerprint density at radius 1 is 0.733 bits per heavy atom. The summed E-state index contributed by atoms with van der Waals surface area (Å²) in [6, 6.07) is 32.4. The Hall–Kier alpha value is -3.63. The Morgan fingerprint density at radius 3 is 2.17 bits per heavy atom. The summed E-state index contributed by atoms with van der Waals surface area (Å²) in [5.74, 6) is 0.296. The standard InChI is InChI=1S/C26H20N2OS/c29-23-16-15-18-9-7-8-14-21(18)22(23)17-27-26-28-24(19-10-3-1-4-11-19)25(30-26)20-12-5-2-6-13-20/h1-16,29H,17H2,(H,27,28). The summed E-state index contributed by atoms with van der Waals surface area (Å²) in [6.07, 6.45) is 0. The molecule has 5 rings (SSSR count). The van der Waals surface area contributed by atoms with Crippen LogP contribution < -0.4 is 5.32 Å². The van der Waals surface area contributed by atoms with Gasteiger partial charge in [-0.15, -0.1) is 0 Å². The van der Waals surface area contributed by atoms with Crippen molar-refractivity contribution >= 4 is 27.2 Å². The highest BCUT2D eigenvalue weighted by molar-refractivity contribution is 7.19. The third-order valence-corrected chi connectivity index (χ3v) is 6.20. The monoisotopic (exact) mass is 408 g/mol. The van der Waals surface area contributed by atoms with Gasteiger partial charge in [0.2, 0.25) is 0 Å². The molecule has 0 aliphatic rings. The molecule has 0 aliphatic carbocycles. The summed E-state index contributed by atoms with van der Waals surface area (Å²) in [6.45, 7) is 0.503. The van der Waals surface area contributed by atoms with Crippen LogP contribution in [0.5, 0.6) is 5.75 Å². The molecule has 0 bridgehead atoms. The lowest BCUT2D eigenvalue weighted by atomic mass is 10.0. The van der Waals surface area contributed by atoms with Crippen LogP contribution in [0.25, 0.3) is 32.5 Å². The van der Waals surface area contributed by atoms with E-state index in [9.17, 15) is 5.11 Å². The van der Waals surface area contributed by atoms with Gasteiger partial charge in [0.25, 0.3) is 0 Å². The average Bonchev–Trinajstić information content (AvgIpc) is 3.24. The van der Waals surface area contributed by atoms with E-state index in [-0.39, 0.29) is 0 Å². The van der Waals surface area contributed by atoms with Gasteiger partial charge in [-0.05, 0) is 22.4 Å². The van der Waals surface area contributed by atoms with Gasteiger partial charge < -0.3 is 10.4 Å². The molecule has 4 heteroatoms. The molecule has 5 aromatic rings. The molecule has 0 spiro atoms. The van der Waals surface area contributed by atoms with Crippen LogP contribution in [0.2, 0.25) is 0 Å². The van der Waals surface area contributed by atoms with Gasteiger partial charge >= 0.3 is 0 Å². The summed E-state index contributed by atoms with van der Waals surface area (Å²) in [5.41, 5.74) is 4.09. The molecule has 1 heterocycles. The lowest BCUT2D eigenvalue weighted by Gasteiger charge is -2.09. The molecule has 30 heavy (non-hydrogen) atoms. The number of phenols is 1. The van der Waals surface area contributed by atoms with Crippen LogP contribution in [0.4, 0.5) is 5.13 Å². The fraction of sp³-hybridized carbons (Fsp3) is 0.0385. The van der Waals surface area contributed by atoms with Crippen molar-refractivity contribution in [3.05, 3.63) is 103 Å². The second kappa shape index (κ2) is 8.01. The van der Waals surface area contributed by atoms with Gasteiger partial charge in [0.15, 0.2) is 5.13 Å². The largest absolute Gasteiger partial charge is 0.508 e. The van der Waals surface area contributed by atoms with Crippen LogP contribution in [0.3, 0.4) is 0 Å². The van der Waals surface area contributed by atoms with Crippen molar-refractivity contribution in [1.29, 1.82) is 0 Å². The molecule has 2 N–H and O–H groups in total. The van der Waals surface area contributed by atoms with Crippen LogP contribution in [0.1, 0.15) is 5.56 Å². The quantitative estimate of drug-likeness (QED) is 0.331. The maximum absolute atomic E-state index is 10.4. The Labute approximate surface area is 179 Å². The van der Waals surface area contributed by atoms with Crippen molar-refractivity contribution in [2.75, 3.05) is 5.32 Å². The molecule has 0 radical (unpaired) electrons. The average molecular weight is 409 g/mol. The van der Waals surface area contributed by atoms with E-state index >= 15 is 0 Å². The van der Waals surface area contributed by atoms with Gasteiger partial charge in [-0.2, -0.15) is 0 Å². The number of anilines is 1. The number of aromatic hydroxyl groups is 1. The zero-order valence-corrected chi connectivity index (χ0v) is 17.1. The minimum absolute atomic E-state index is 0.296. The van der Waals surface area contributed by atoms with Crippen molar-refractivity contribution < 1.29 is 5.11 Å².